The van der Waals surface area contributed by atoms with Crippen LogP contribution in [-0.2, 0) is 0 Å². The van der Waals surface area contributed by atoms with Gasteiger partial charge in [-0.15, -0.1) is 0 Å². The lowest BCUT2D eigenvalue weighted by atomic mass is 9.94. The maximum atomic E-state index is 2.35. The van der Waals surface area contributed by atoms with Gasteiger partial charge in [-0.25, -0.2) is 0 Å². The Kier molecular flexibility index (Phi) is 28.7. The van der Waals surface area contributed by atoms with Gasteiger partial charge in [-0.2, -0.15) is 0 Å². The van der Waals surface area contributed by atoms with E-state index in [9.17, 15) is 0 Å². The first-order valence-corrected chi connectivity index (χ1v) is 49.1. The predicted octanol–water partition coefficient (Wildman–Crippen LogP) is 38.0. The molecule has 0 fully saturated rings. The second-order valence-electron chi connectivity index (χ2n) is 37.4. The molecule has 0 unspecified atom stereocenters. The number of rotatable bonds is 26. The highest BCUT2D eigenvalue weighted by atomic mass is 15.2. The molecule has 142 heavy (non-hydrogen) atoms. The topological polar surface area (TPSA) is 13.0 Å². The van der Waals surface area contributed by atoms with Crippen molar-refractivity contribution in [1.82, 2.24) is 0 Å². The molecule has 4 heteroatoms. The van der Waals surface area contributed by atoms with Crippen LogP contribution in [0.4, 0.5) is 68.2 Å². The van der Waals surface area contributed by atoms with Crippen LogP contribution in [0, 0.1) is 69.2 Å². The summed E-state index contributed by atoms with van der Waals surface area (Å²) in [6.07, 6.45) is 9.20. The first-order chi connectivity index (χ1) is 69.4. The molecule has 0 saturated heterocycles. The van der Waals surface area contributed by atoms with Gasteiger partial charge in [0, 0.05) is 68.2 Å². The number of benzene rings is 20. The molecule has 0 saturated carbocycles. The summed E-state index contributed by atoms with van der Waals surface area (Å²) in [4.78, 5) is 9.39. The van der Waals surface area contributed by atoms with Crippen LogP contribution in [0.3, 0.4) is 0 Å². The summed E-state index contributed by atoms with van der Waals surface area (Å²) < 4.78 is 0. The average molecular weight is 1830 g/mol. The van der Waals surface area contributed by atoms with Gasteiger partial charge in [0.1, 0.15) is 0 Å². The molecule has 0 aliphatic rings. The van der Waals surface area contributed by atoms with E-state index in [-0.39, 0.29) is 0 Å². The van der Waals surface area contributed by atoms with E-state index in [1.165, 1.54) is 122 Å². The summed E-state index contributed by atoms with van der Waals surface area (Å²) >= 11 is 0. The second kappa shape index (κ2) is 43.5. The van der Waals surface area contributed by atoms with Crippen molar-refractivity contribution in [3.05, 3.63) is 620 Å². The molecule has 0 atom stereocenters. The highest BCUT2D eigenvalue weighted by Gasteiger charge is 2.22. The lowest BCUT2D eigenvalue weighted by molar-refractivity contribution is 1.27. The lowest BCUT2D eigenvalue weighted by Crippen LogP contribution is -2.10. The maximum Gasteiger partial charge on any atom is 0.0464 e. The summed E-state index contributed by atoms with van der Waals surface area (Å²) in [5, 5.41) is 0. The van der Waals surface area contributed by atoms with Crippen LogP contribution in [0.15, 0.2) is 497 Å². The largest absolute Gasteiger partial charge is 0.310 e. The zero-order valence-corrected chi connectivity index (χ0v) is 82.4. The zero-order chi connectivity index (χ0) is 97.4. The average Bonchev–Trinajstić information content (AvgIpc) is 0.795. The summed E-state index contributed by atoms with van der Waals surface area (Å²) in [5.41, 5.74) is 49.2. The predicted molar refractivity (Wildman–Crippen MR) is 609 cm³/mol. The smallest absolute Gasteiger partial charge is 0.0464 e. The molecule has 0 bridgehead atoms. The molecular formula is C138H116N4. The molecule has 0 heterocycles. The van der Waals surface area contributed by atoms with Crippen LogP contribution in [0.25, 0.3) is 68.9 Å². The molecule has 20 aromatic carbocycles. The van der Waals surface area contributed by atoms with E-state index in [4.69, 9.17) is 0 Å². The first-order valence-electron chi connectivity index (χ1n) is 49.1. The van der Waals surface area contributed by atoms with Gasteiger partial charge in [0.15, 0.2) is 0 Å². The van der Waals surface area contributed by atoms with Gasteiger partial charge < -0.3 is 19.6 Å². The second-order valence-corrected chi connectivity index (χ2v) is 37.4. The van der Waals surface area contributed by atoms with Crippen LogP contribution in [0.2, 0.25) is 0 Å². The third kappa shape index (κ3) is 22.7. The van der Waals surface area contributed by atoms with Crippen LogP contribution in [0.5, 0.6) is 0 Å². The molecule has 0 amide bonds. The first kappa shape index (κ1) is 93.6. The summed E-state index contributed by atoms with van der Waals surface area (Å²) in [5.74, 6) is 0. The molecule has 20 aromatic rings. The fraction of sp³-hybridized carbons (Fsp3) is 0.0725. The Morgan fingerprint density at radius 1 is 0.127 bits per heavy atom. The monoisotopic (exact) mass is 1830 g/mol. The van der Waals surface area contributed by atoms with E-state index in [1.807, 2.05) is 0 Å². The van der Waals surface area contributed by atoms with Crippen LogP contribution in [-0.4, -0.2) is 0 Å². The number of nitrogens with zero attached hydrogens (tertiary/aromatic N) is 4. The van der Waals surface area contributed by atoms with E-state index in [0.29, 0.717) is 0 Å². The fourth-order valence-electron chi connectivity index (χ4n) is 18.6. The third-order valence-corrected chi connectivity index (χ3v) is 26.4. The van der Waals surface area contributed by atoms with Crippen molar-refractivity contribution in [3.63, 3.8) is 0 Å². The Morgan fingerprint density at radius 2 is 0.282 bits per heavy atom. The van der Waals surface area contributed by atoms with Gasteiger partial charge in [-0.05, 0) is 373 Å². The number of hydrogen-bond acceptors (Lipinski definition) is 4. The Morgan fingerprint density at radius 3 is 0.444 bits per heavy atom. The van der Waals surface area contributed by atoms with Crippen LogP contribution < -0.4 is 19.6 Å². The Balaban J connectivity index is 0.000000180. The summed E-state index contributed by atoms with van der Waals surface area (Å²) in [6.45, 7) is 21.4. The highest BCUT2D eigenvalue weighted by molar-refractivity contribution is 5.97. The van der Waals surface area contributed by atoms with Crippen LogP contribution >= 0.6 is 0 Å². The van der Waals surface area contributed by atoms with E-state index < -0.39 is 0 Å². The van der Waals surface area contributed by atoms with Crippen molar-refractivity contribution in [1.29, 1.82) is 0 Å². The Hall–Kier alpha value is -17.4. The minimum atomic E-state index is 1.09. The van der Waals surface area contributed by atoms with E-state index in [1.54, 1.807) is 0 Å². The van der Waals surface area contributed by atoms with Crippen molar-refractivity contribution in [2.45, 2.75) is 69.2 Å². The standard InChI is InChI=1S/C70H60N2.C68H56N2/c1-49-13-25-59(26-14-49)69(60-27-15-50(2)16-28-60)47-55-21-37-63(38-22-55)71(67-11-7-9-53(5)45-67)65-41-33-57(34-42-65)58-35-43-66(44-36-58)72(68-12-8-10-54(6)46-68)64-39-23-56(24-40-64)48-70(61-29-17-51(3)18-30-61)62-31-19-52(4)20-32-62;1-49-21-29-59(30-22-49)67(57-15-7-5-8-16-57)47-53-25-37-61(38-26-53)69(65-19-11-13-51(3)45-65)63-41-33-55(34-42-63)56-35-43-64(44-36-56)70(66-20-12-14-52(4)46-66)62-39-27-54(28-40-62)48-68(58-17-9-6-10-18-58)60-31-23-50(2)24-32-60/h7-48H,1-6H3;5-48H,1-4H3/b;67-47+,68-48+. The lowest BCUT2D eigenvalue weighted by Gasteiger charge is -2.27. The molecule has 0 radical (unpaired) electrons. The van der Waals surface area contributed by atoms with Gasteiger partial charge in [-0.1, -0.05) is 385 Å². The Labute approximate surface area is 839 Å². The molecule has 0 aliphatic carbocycles. The van der Waals surface area contributed by atoms with Crippen molar-refractivity contribution in [3.8, 4) is 22.3 Å². The van der Waals surface area contributed by atoms with Gasteiger partial charge in [0.05, 0.1) is 0 Å². The van der Waals surface area contributed by atoms with Crippen molar-refractivity contribution < 1.29 is 0 Å². The van der Waals surface area contributed by atoms with Crippen LogP contribution in [0.1, 0.15) is 122 Å². The quantitative estimate of drug-likeness (QED) is 0.0501. The molecule has 4 nitrogen and oxygen atoms in total. The van der Waals surface area contributed by atoms with Gasteiger partial charge in [-0.3, -0.25) is 0 Å². The minimum absolute atomic E-state index is 1.09. The molecule has 20 rings (SSSR count). The van der Waals surface area contributed by atoms with Crippen molar-refractivity contribution in [2.24, 2.45) is 0 Å². The number of hydrogen-bond donors (Lipinski definition) is 0. The van der Waals surface area contributed by atoms with Gasteiger partial charge >= 0.3 is 0 Å². The van der Waals surface area contributed by atoms with Gasteiger partial charge in [0.2, 0.25) is 0 Å². The fourth-order valence-corrected chi connectivity index (χ4v) is 18.6. The van der Waals surface area contributed by atoms with Crippen molar-refractivity contribution in [2.75, 3.05) is 19.6 Å². The van der Waals surface area contributed by atoms with Gasteiger partial charge in [0.25, 0.3) is 0 Å². The summed E-state index contributed by atoms with van der Waals surface area (Å²) in [6, 6.07) is 181. The molecule has 688 valence electrons. The zero-order valence-electron chi connectivity index (χ0n) is 82.4. The van der Waals surface area contributed by atoms with E-state index in [0.717, 1.165) is 113 Å². The number of aryl methyl sites for hydroxylation is 10. The summed E-state index contributed by atoms with van der Waals surface area (Å²) in [7, 11) is 0. The van der Waals surface area contributed by atoms with Crippen molar-refractivity contribution >= 4 is 115 Å². The molecule has 0 spiro atoms. The minimum Gasteiger partial charge on any atom is -0.310 e. The normalized spacial score (nSPS) is 11.3. The van der Waals surface area contributed by atoms with E-state index >= 15 is 0 Å². The molecular weight excluding hydrogens is 1710 g/mol. The SMILES string of the molecule is Cc1ccc(/C(=C/c2ccc(N(c3ccc(-c4ccc(N(c5ccc(/C=C(\c6ccccc6)c6ccc(C)cc6)cc5)c5cccc(C)c5)cc4)cc3)c3cccc(C)c3)cc2)c2ccccc2)cc1.Cc1ccc(C(=Cc2ccc(N(c3ccc(-c4ccc(N(c5ccc(C=C(c6ccc(C)cc6)c6ccc(C)cc6)cc5)c5cccc(C)c5)cc4)cc3)c3cccc(C)c3)cc2)c2ccc(C)cc2)cc1. The molecule has 0 aromatic heterocycles. The van der Waals surface area contributed by atoms with E-state index in [2.05, 4.69) is 611 Å². The highest BCUT2D eigenvalue weighted by Crippen LogP contribution is 2.45. The molecule has 0 aliphatic heterocycles. The Bertz CT molecular complexity index is 7250. The molecule has 0 N–H and O–H groups in total. The number of anilines is 12. The third-order valence-electron chi connectivity index (χ3n) is 26.4. The maximum absolute atomic E-state index is 2.35.